The van der Waals surface area contributed by atoms with Crippen LogP contribution in [0.3, 0.4) is 0 Å². The van der Waals surface area contributed by atoms with E-state index in [0.717, 1.165) is 16.3 Å². The lowest BCUT2D eigenvalue weighted by Crippen LogP contribution is -2.29. The summed E-state index contributed by atoms with van der Waals surface area (Å²) in [4.78, 5) is 28.1. The molecule has 0 bridgehead atoms. The fourth-order valence-corrected chi connectivity index (χ4v) is 2.99. The number of ether oxygens (including phenoxy) is 1. The molecule has 0 unspecified atom stereocenters. The number of amides is 1. The van der Waals surface area contributed by atoms with Crippen molar-refractivity contribution in [3.63, 3.8) is 0 Å². The largest absolute Gasteiger partial charge is 0.422 e. The van der Waals surface area contributed by atoms with E-state index in [4.69, 9.17) is 9.15 Å². The molecule has 0 saturated carbocycles. The third-order valence-corrected chi connectivity index (χ3v) is 4.94. The molecule has 0 saturated heterocycles. The number of fused-ring (bicyclic) bond motifs is 3. The van der Waals surface area contributed by atoms with Gasteiger partial charge in [-0.05, 0) is 45.6 Å². The highest BCUT2D eigenvalue weighted by Gasteiger charge is 2.20. The Hall–Kier alpha value is -2.86. The van der Waals surface area contributed by atoms with E-state index in [1.54, 1.807) is 19.2 Å². The average Bonchev–Trinajstić information content (AvgIpc) is 2.66. The fraction of sp³-hybridized carbons (Fsp3) is 0.333. The molecule has 0 aliphatic carbocycles. The van der Waals surface area contributed by atoms with Crippen molar-refractivity contribution in [2.75, 3.05) is 27.7 Å². The zero-order valence-electron chi connectivity index (χ0n) is 16.3. The lowest BCUT2D eigenvalue weighted by Gasteiger charge is -2.23. The summed E-state index contributed by atoms with van der Waals surface area (Å²) < 4.78 is 11.1. The Kier molecular flexibility index (Phi) is 5.19. The van der Waals surface area contributed by atoms with Crippen molar-refractivity contribution in [1.82, 2.24) is 9.80 Å². The maximum Gasteiger partial charge on any atom is 0.414 e. The van der Waals surface area contributed by atoms with Gasteiger partial charge in [0.25, 0.3) is 0 Å². The number of hydrogen-bond donors (Lipinski definition) is 0. The van der Waals surface area contributed by atoms with E-state index < -0.39 is 11.7 Å². The second-order valence-electron chi connectivity index (χ2n) is 6.84. The number of rotatable bonds is 4. The van der Waals surface area contributed by atoms with Crippen LogP contribution < -0.4 is 10.4 Å². The molecular weight excluding hydrogens is 344 g/mol. The number of benzene rings is 2. The molecule has 0 spiro atoms. The summed E-state index contributed by atoms with van der Waals surface area (Å²) in [7, 11) is 5.61. The van der Waals surface area contributed by atoms with Gasteiger partial charge in [0.15, 0.2) is 0 Å². The Morgan fingerprint density at radius 1 is 1.15 bits per heavy atom. The summed E-state index contributed by atoms with van der Waals surface area (Å²) in [5, 5.41) is 2.22. The van der Waals surface area contributed by atoms with Crippen LogP contribution in [0.1, 0.15) is 25.5 Å². The molecule has 3 rings (SSSR count). The van der Waals surface area contributed by atoms with Crippen molar-refractivity contribution in [2.24, 2.45) is 0 Å². The molecule has 0 fully saturated rings. The standard InChI is InChI=1S/C21H24N2O4/c1-6-23(5)21(25)26-14-11-17(13(2)22(3)4)19-15-9-7-8-10-16(15)20(24)27-18(19)12-14/h7-13H,6H2,1-5H3/t13-/m0/s1. The highest BCUT2D eigenvalue weighted by Crippen LogP contribution is 2.35. The van der Waals surface area contributed by atoms with E-state index >= 15 is 0 Å². The van der Waals surface area contributed by atoms with Crippen molar-refractivity contribution in [1.29, 1.82) is 0 Å². The van der Waals surface area contributed by atoms with Crippen molar-refractivity contribution in [3.05, 3.63) is 52.4 Å². The van der Waals surface area contributed by atoms with E-state index in [2.05, 4.69) is 11.8 Å². The van der Waals surface area contributed by atoms with E-state index in [-0.39, 0.29) is 6.04 Å². The predicted molar refractivity (Wildman–Crippen MR) is 106 cm³/mol. The average molecular weight is 368 g/mol. The van der Waals surface area contributed by atoms with E-state index in [0.29, 0.717) is 23.3 Å². The van der Waals surface area contributed by atoms with Gasteiger partial charge in [0, 0.05) is 36.5 Å². The maximum atomic E-state index is 12.4. The van der Waals surface area contributed by atoms with Crippen LogP contribution in [0, 0.1) is 0 Å². The van der Waals surface area contributed by atoms with E-state index in [9.17, 15) is 9.59 Å². The van der Waals surface area contributed by atoms with Gasteiger partial charge in [-0.15, -0.1) is 0 Å². The van der Waals surface area contributed by atoms with Crippen LogP contribution in [0.25, 0.3) is 21.7 Å². The first kappa shape index (κ1) is 18.9. The molecule has 0 radical (unpaired) electrons. The molecule has 0 aliphatic rings. The van der Waals surface area contributed by atoms with Crippen molar-refractivity contribution < 1.29 is 13.9 Å². The van der Waals surface area contributed by atoms with Gasteiger partial charge in [0.1, 0.15) is 11.3 Å². The zero-order chi connectivity index (χ0) is 19.7. The van der Waals surface area contributed by atoms with E-state index in [1.807, 2.05) is 45.3 Å². The third kappa shape index (κ3) is 3.53. The molecule has 0 aliphatic heterocycles. The van der Waals surface area contributed by atoms with Crippen molar-refractivity contribution in [2.45, 2.75) is 19.9 Å². The minimum atomic E-state index is -0.455. The monoisotopic (exact) mass is 368 g/mol. The first-order chi connectivity index (χ1) is 12.8. The van der Waals surface area contributed by atoms with Crippen LogP contribution in [0.4, 0.5) is 4.79 Å². The summed E-state index contributed by atoms with van der Waals surface area (Å²) in [6.07, 6.45) is -0.455. The minimum Gasteiger partial charge on any atom is -0.422 e. The van der Waals surface area contributed by atoms with Crippen molar-refractivity contribution >= 4 is 27.8 Å². The second kappa shape index (κ2) is 7.40. The lowest BCUT2D eigenvalue weighted by molar-refractivity contribution is 0.165. The Labute approximate surface area is 157 Å². The molecular formula is C21H24N2O4. The van der Waals surface area contributed by atoms with Crippen molar-refractivity contribution in [3.8, 4) is 5.75 Å². The minimum absolute atomic E-state index is 0.0196. The summed E-state index contributed by atoms with van der Waals surface area (Å²) in [5.41, 5.74) is 0.932. The molecule has 6 heteroatoms. The number of carbonyl (C=O) groups excluding carboxylic acids is 1. The quantitative estimate of drug-likeness (QED) is 0.514. The number of hydrogen-bond acceptors (Lipinski definition) is 5. The SMILES string of the molecule is CCN(C)C(=O)Oc1cc([C@H](C)N(C)C)c2c(c1)oc(=O)c1ccccc12. The Bertz CT molecular complexity index is 1060. The predicted octanol–water partition coefficient (Wildman–Crippen LogP) is 4.02. The highest BCUT2D eigenvalue weighted by molar-refractivity contribution is 6.06. The Morgan fingerprint density at radius 3 is 2.44 bits per heavy atom. The second-order valence-corrected chi connectivity index (χ2v) is 6.84. The summed E-state index contributed by atoms with van der Waals surface area (Å²) in [6, 6.07) is 10.9. The molecule has 27 heavy (non-hydrogen) atoms. The van der Waals surface area contributed by atoms with Gasteiger partial charge in [0.2, 0.25) is 0 Å². The normalized spacial score (nSPS) is 12.5. The van der Waals surface area contributed by atoms with Gasteiger partial charge < -0.3 is 19.0 Å². The Balaban J connectivity index is 2.29. The molecule has 1 amide bonds. The van der Waals surface area contributed by atoms with Gasteiger partial charge in [-0.25, -0.2) is 9.59 Å². The summed E-state index contributed by atoms with van der Waals surface area (Å²) in [5.74, 6) is 0.356. The van der Waals surface area contributed by atoms with Crippen LogP contribution in [0.15, 0.2) is 45.6 Å². The highest BCUT2D eigenvalue weighted by atomic mass is 16.6. The summed E-state index contributed by atoms with van der Waals surface area (Å²) >= 11 is 0. The third-order valence-electron chi connectivity index (χ3n) is 4.94. The molecule has 6 nitrogen and oxygen atoms in total. The fourth-order valence-electron chi connectivity index (χ4n) is 2.99. The molecule has 0 N–H and O–H groups in total. The molecule has 1 atom stereocenters. The van der Waals surface area contributed by atoms with Crippen LogP contribution >= 0.6 is 0 Å². The van der Waals surface area contributed by atoms with Gasteiger partial charge in [-0.2, -0.15) is 0 Å². The van der Waals surface area contributed by atoms with Crippen LogP contribution in [-0.2, 0) is 0 Å². The van der Waals surface area contributed by atoms with Crippen LogP contribution in [0.2, 0.25) is 0 Å². The number of carbonyl (C=O) groups is 1. The van der Waals surface area contributed by atoms with E-state index in [1.165, 1.54) is 4.90 Å². The Morgan fingerprint density at radius 2 is 1.81 bits per heavy atom. The maximum absolute atomic E-state index is 12.4. The smallest absolute Gasteiger partial charge is 0.414 e. The van der Waals surface area contributed by atoms with Gasteiger partial charge in [-0.1, -0.05) is 18.2 Å². The molecule has 3 aromatic rings. The lowest BCUT2D eigenvalue weighted by atomic mass is 9.97. The first-order valence-electron chi connectivity index (χ1n) is 8.92. The molecule has 1 heterocycles. The van der Waals surface area contributed by atoms with Gasteiger partial charge in [0.05, 0.1) is 5.39 Å². The molecule has 2 aromatic carbocycles. The van der Waals surface area contributed by atoms with Gasteiger partial charge in [-0.3, -0.25) is 0 Å². The van der Waals surface area contributed by atoms with Crippen LogP contribution in [-0.4, -0.2) is 43.6 Å². The molecule has 1 aromatic heterocycles. The first-order valence-corrected chi connectivity index (χ1v) is 8.92. The van der Waals surface area contributed by atoms with Gasteiger partial charge >= 0.3 is 11.7 Å². The topological polar surface area (TPSA) is 63.0 Å². The summed E-state index contributed by atoms with van der Waals surface area (Å²) in [6.45, 7) is 4.46. The zero-order valence-corrected chi connectivity index (χ0v) is 16.3. The molecule has 142 valence electrons. The van der Waals surface area contributed by atoms with Crippen LogP contribution in [0.5, 0.6) is 5.75 Å². The number of nitrogens with zero attached hydrogens (tertiary/aromatic N) is 2.